The van der Waals surface area contributed by atoms with E-state index in [0.717, 1.165) is 6.54 Å². The maximum absolute atomic E-state index is 4.62. The van der Waals surface area contributed by atoms with Crippen LogP contribution in [0.2, 0.25) is 0 Å². The minimum atomic E-state index is 0.980. The lowest BCUT2D eigenvalue weighted by atomic mass is 10.1. The molecule has 1 heteroatoms. The number of aryl methyl sites for hydroxylation is 2. The van der Waals surface area contributed by atoms with Crippen LogP contribution in [0.3, 0.4) is 0 Å². The van der Waals surface area contributed by atoms with Crippen LogP contribution in [-0.4, -0.2) is 6.54 Å². The van der Waals surface area contributed by atoms with Gasteiger partial charge in [0.05, 0.1) is 5.36 Å². The largest absolute Gasteiger partial charge is 0.284 e. The second-order valence-electron chi connectivity index (χ2n) is 3.69. The van der Waals surface area contributed by atoms with Gasteiger partial charge in [0.1, 0.15) is 0 Å². The molecule has 0 saturated carbocycles. The van der Waals surface area contributed by atoms with Crippen molar-refractivity contribution in [3.8, 4) is 0 Å². The second-order valence-corrected chi connectivity index (χ2v) is 3.69. The van der Waals surface area contributed by atoms with Gasteiger partial charge in [-0.05, 0) is 43.0 Å². The lowest BCUT2D eigenvalue weighted by Crippen LogP contribution is -2.29. The van der Waals surface area contributed by atoms with E-state index in [-0.39, 0.29) is 0 Å². The Morgan fingerprint density at radius 3 is 2.77 bits per heavy atom. The topological polar surface area (TPSA) is 12.4 Å². The summed E-state index contributed by atoms with van der Waals surface area (Å²) in [6.07, 6.45) is 4.68. The predicted molar refractivity (Wildman–Crippen MR) is 55.3 cm³/mol. The molecule has 1 heterocycles. The van der Waals surface area contributed by atoms with E-state index >= 15 is 0 Å². The number of fused-ring (bicyclic) bond motifs is 1. The molecule has 1 aromatic rings. The number of hydrogen-bond donors (Lipinski definition) is 0. The summed E-state index contributed by atoms with van der Waals surface area (Å²) in [5.41, 5.74) is 2.66. The molecule has 0 bridgehead atoms. The minimum absolute atomic E-state index is 0.980. The third-order valence-electron chi connectivity index (χ3n) is 2.62. The Morgan fingerprint density at radius 2 is 1.92 bits per heavy atom. The SMILES string of the molecule is Cc1ccc(C)c2c1=CCCCN=2. The highest BCUT2D eigenvalue weighted by atomic mass is 14.7. The fraction of sp³-hybridized carbons (Fsp3) is 0.417. The zero-order valence-corrected chi connectivity index (χ0v) is 8.30. The molecule has 1 aromatic carbocycles. The number of rotatable bonds is 0. The van der Waals surface area contributed by atoms with Crippen LogP contribution in [-0.2, 0) is 0 Å². The van der Waals surface area contributed by atoms with Gasteiger partial charge in [0.15, 0.2) is 0 Å². The third kappa shape index (κ3) is 1.51. The van der Waals surface area contributed by atoms with Crippen LogP contribution in [0.4, 0.5) is 0 Å². The first kappa shape index (κ1) is 8.49. The van der Waals surface area contributed by atoms with Crippen LogP contribution in [0.25, 0.3) is 6.08 Å². The van der Waals surface area contributed by atoms with E-state index in [2.05, 4.69) is 37.0 Å². The Bertz CT molecular complexity index is 388. The van der Waals surface area contributed by atoms with Crippen LogP contribution < -0.4 is 10.6 Å². The first-order valence-corrected chi connectivity index (χ1v) is 4.90. The maximum atomic E-state index is 4.62. The van der Waals surface area contributed by atoms with Gasteiger partial charge < -0.3 is 0 Å². The highest BCUT2D eigenvalue weighted by molar-refractivity contribution is 5.32. The minimum Gasteiger partial charge on any atom is -0.284 e. The molecule has 0 amide bonds. The molecule has 0 radical (unpaired) electrons. The third-order valence-corrected chi connectivity index (χ3v) is 2.62. The molecule has 0 spiro atoms. The van der Waals surface area contributed by atoms with E-state index in [1.165, 1.54) is 34.5 Å². The summed E-state index contributed by atoms with van der Waals surface area (Å²) in [6, 6.07) is 4.35. The molecule has 0 aromatic heterocycles. The smallest absolute Gasteiger partial charge is 0.0675 e. The van der Waals surface area contributed by atoms with E-state index in [1.54, 1.807) is 0 Å². The van der Waals surface area contributed by atoms with Crippen molar-refractivity contribution in [1.82, 2.24) is 0 Å². The first-order chi connectivity index (χ1) is 6.29. The Labute approximate surface area is 78.8 Å². The van der Waals surface area contributed by atoms with Crippen molar-refractivity contribution in [1.29, 1.82) is 0 Å². The molecule has 0 unspecified atom stereocenters. The van der Waals surface area contributed by atoms with Gasteiger partial charge in [-0.1, -0.05) is 18.2 Å². The predicted octanol–water partition coefficient (Wildman–Crippen LogP) is 1.50. The summed E-state index contributed by atoms with van der Waals surface area (Å²) in [4.78, 5) is 4.62. The molecular formula is C12H15N. The fourth-order valence-electron chi connectivity index (χ4n) is 1.81. The summed E-state index contributed by atoms with van der Waals surface area (Å²) >= 11 is 0. The van der Waals surface area contributed by atoms with E-state index in [9.17, 15) is 0 Å². The molecule has 1 aliphatic heterocycles. The zero-order chi connectivity index (χ0) is 9.26. The van der Waals surface area contributed by atoms with E-state index in [4.69, 9.17) is 0 Å². The van der Waals surface area contributed by atoms with Crippen LogP contribution in [0.5, 0.6) is 0 Å². The van der Waals surface area contributed by atoms with Gasteiger partial charge in [-0.2, -0.15) is 0 Å². The Hall–Kier alpha value is -1.11. The van der Waals surface area contributed by atoms with E-state index < -0.39 is 0 Å². The van der Waals surface area contributed by atoms with Crippen molar-refractivity contribution >= 4 is 6.08 Å². The molecule has 0 saturated heterocycles. The summed E-state index contributed by atoms with van der Waals surface area (Å²) in [6.45, 7) is 5.28. The highest BCUT2D eigenvalue weighted by Crippen LogP contribution is 1.97. The normalized spacial score (nSPS) is 15.2. The van der Waals surface area contributed by atoms with Gasteiger partial charge in [0.25, 0.3) is 0 Å². The Kier molecular flexibility index (Phi) is 2.17. The van der Waals surface area contributed by atoms with Gasteiger partial charge >= 0.3 is 0 Å². The molecule has 13 heavy (non-hydrogen) atoms. The molecular weight excluding hydrogens is 158 g/mol. The van der Waals surface area contributed by atoms with Gasteiger partial charge in [0, 0.05) is 6.54 Å². The molecule has 2 rings (SSSR count). The quantitative estimate of drug-likeness (QED) is 0.564. The molecule has 1 aliphatic rings. The molecule has 68 valence electrons. The average molecular weight is 173 g/mol. The molecule has 0 N–H and O–H groups in total. The van der Waals surface area contributed by atoms with Crippen molar-refractivity contribution in [2.75, 3.05) is 6.54 Å². The summed E-state index contributed by atoms with van der Waals surface area (Å²) in [5, 5.41) is 2.58. The van der Waals surface area contributed by atoms with Crippen molar-refractivity contribution < 1.29 is 0 Å². The van der Waals surface area contributed by atoms with Crippen molar-refractivity contribution in [3.05, 3.63) is 33.8 Å². The molecule has 0 fully saturated rings. The first-order valence-electron chi connectivity index (χ1n) is 4.90. The maximum Gasteiger partial charge on any atom is 0.0675 e. The van der Waals surface area contributed by atoms with Crippen molar-refractivity contribution in [3.63, 3.8) is 0 Å². The summed E-state index contributed by atoms with van der Waals surface area (Å²) in [7, 11) is 0. The zero-order valence-electron chi connectivity index (χ0n) is 8.30. The van der Waals surface area contributed by atoms with Crippen LogP contribution >= 0.6 is 0 Å². The fourth-order valence-corrected chi connectivity index (χ4v) is 1.81. The van der Waals surface area contributed by atoms with Gasteiger partial charge in [-0.3, -0.25) is 4.99 Å². The Balaban J connectivity index is 2.86. The standard InChI is InChI=1S/C12H15N/c1-9-6-7-10(2)12-11(9)5-3-4-8-13-12/h5-7H,3-4,8H2,1-2H3. The second kappa shape index (κ2) is 3.33. The lowest BCUT2D eigenvalue weighted by Gasteiger charge is -1.98. The number of benzene rings is 1. The van der Waals surface area contributed by atoms with Crippen molar-refractivity contribution in [2.45, 2.75) is 26.7 Å². The van der Waals surface area contributed by atoms with E-state index in [0.29, 0.717) is 0 Å². The summed E-state index contributed by atoms with van der Waals surface area (Å²) in [5.74, 6) is 0. The van der Waals surface area contributed by atoms with Gasteiger partial charge in [0.2, 0.25) is 0 Å². The molecule has 1 nitrogen and oxygen atoms in total. The lowest BCUT2D eigenvalue weighted by molar-refractivity contribution is 0.865. The molecule has 0 atom stereocenters. The van der Waals surface area contributed by atoms with Gasteiger partial charge in [-0.25, -0.2) is 0 Å². The van der Waals surface area contributed by atoms with Crippen molar-refractivity contribution in [2.24, 2.45) is 4.99 Å². The van der Waals surface area contributed by atoms with Crippen LogP contribution in [0.15, 0.2) is 17.1 Å². The summed E-state index contributed by atoms with van der Waals surface area (Å²) < 4.78 is 0. The Morgan fingerprint density at radius 1 is 1.15 bits per heavy atom. The highest BCUT2D eigenvalue weighted by Gasteiger charge is 1.99. The van der Waals surface area contributed by atoms with Crippen LogP contribution in [0, 0.1) is 13.8 Å². The number of hydrogen-bond acceptors (Lipinski definition) is 1. The average Bonchev–Trinajstić information content (AvgIpc) is 2.37. The van der Waals surface area contributed by atoms with Gasteiger partial charge in [-0.15, -0.1) is 0 Å². The molecule has 0 aliphatic carbocycles. The monoisotopic (exact) mass is 173 g/mol. The number of nitrogens with zero attached hydrogens (tertiary/aromatic N) is 1. The van der Waals surface area contributed by atoms with E-state index in [1.807, 2.05) is 0 Å². The van der Waals surface area contributed by atoms with Crippen LogP contribution in [0.1, 0.15) is 24.0 Å².